The molecule has 0 bridgehead atoms. The van der Waals surface area contributed by atoms with E-state index in [2.05, 4.69) is 10.4 Å². The van der Waals surface area contributed by atoms with E-state index in [1.807, 2.05) is 29.8 Å². The van der Waals surface area contributed by atoms with Crippen molar-refractivity contribution in [1.82, 2.24) is 9.78 Å². The summed E-state index contributed by atoms with van der Waals surface area (Å²) in [6.45, 7) is 1.98. The van der Waals surface area contributed by atoms with Crippen LogP contribution in [0.1, 0.15) is 16.1 Å². The second kappa shape index (κ2) is 6.03. The van der Waals surface area contributed by atoms with Gasteiger partial charge in [-0.1, -0.05) is 17.7 Å². The predicted octanol–water partition coefficient (Wildman–Crippen LogP) is 4.09. The van der Waals surface area contributed by atoms with E-state index < -0.39 is 0 Å². The van der Waals surface area contributed by atoms with Gasteiger partial charge in [0.2, 0.25) is 0 Å². The summed E-state index contributed by atoms with van der Waals surface area (Å²) >= 11 is 5.91. The van der Waals surface area contributed by atoms with E-state index >= 15 is 0 Å². The van der Waals surface area contributed by atoms with Gasteiger partial charge in [0, 0.05) is 28.2 Å². The highest BCUT2D eigenvalue weighted by molar-refractivity contribution is 6.30. The molecule has 3 aromatic rings. The maximum atomic E-state index is 12.2. The molecule has 0 saturated carbocycles. The maximum Gasteiger partial charge on any atom is 0.255 e. The highest BCUT2D eigenvalue weighted by Gasteiger charge is 2.07. The van der Waals surface area contributed by atoms with Gasteiger partial charge >= 0.3 is 0 Å². The summed E-state index contributed by atoms with van der Waals surface area (Å²) < 4.78 is 1.82. The zero-order chi connectivity index (χ0) is 15.5. The van der Waals surface area contributed by atoms with Crippen LogP contribution in [-0.4, -0.2) is 15.7 Å². The molecule has 0 radical (unpaired) electrons. The summed E-state index contributed by atoms with van der Waals surface area (Å²) in [5, 5.41) is 7.64. The number of halogens is 1. The van der Waals surface area contributed by atoms with Gasteiger partial charge in [-0.15, -0.1) is 0 Å². The van der Waals surface area contributed by atoms with E-state index in [1.54, 1.807) is 42.6 Å². The number of carbonyl (C=O) groups is 1. The molecular weight excluding hydrogens is 298 g/mol. The van der Waals surface area contributed by atoms with E-state index in [-0.39, 0.29) is 5.91 Å². The Hall–Kier alpha value is -2.59. The smallest absolute Gasteiger partial charge is 0.255 e. The van der Waals surface area contributed by atoms with Gasteiger partial charge in [-0.2, -0.15) is 5.10 Å². The molecular formula is C17H14ClN3O. The molecule has 0 aliphatic heterocycles. The van der Waals surface area contributed by atoms with Crippen molar-refractivity contribution in [3.63, 3.8) is 0 Å². The molecule has 3 rings (SSSR count). The van der Waals surface area contributed by atoms with E-state index in [9.17, 15) is 4.79 Å². The van der Waals surface area contributed by atoms with Crippen LogP contribution in [-0.2, 0) is 0 Å². The van der Waals surface area contributed by atoms with Gasteiger partial charge in [-0.25, -0.2) is 4.68 Å². The average Bonchev–Trinajstić information content (AvgIpc) is 2.93. The van der Waals surface area contributed by atoms with Crippen LogP contribution in [0.3, 0.4) is 0 Å². The molecule has 1 N–H and O–H groups in total. The summed E-state index contributed by atoms with van der Waals surface area (Å²) in [5.74, 6) is -0.175. The summed E-state index contributed by atoms with van der Waals surface area (Å²) in [6, 6.07) is 16.3. The zero-order valence-electron chi connectivity index (χ0n) is 12.0. The summed E-state index contributed by atoms with van der Waals surface area (Å²) in [6.07, 6.45) is 1.75. The van der Waals surface area contributed by atoms with Crippen molar-refractivity contribution in [2.45, 2.75) is 6.92 Å². The number of amides is 1. The molecule has 0 atom stereocenters. The molecule has 0 unspecified atom stereocenters. The number of anilines is 1. The van der Waals surface area contributed by atoms with Crippen LogP contribution in [0.4, 0.5) is 5.69 Å². The quantitative estimate of drug-likeness (QED) is 0.792. The Morgan fingerprint density at radius 2 is 1.91 bits per heavy atom. The highest BCUT2D eigenvalue weighted by Crippen LogP contribution is 2.17. The number of nitrogens with zero attached hydrogens (tertiary/aromatic N) is 2. The largest absolute Gasteiger partial charge is 0.322 e. The lowest BCUT2D eigenvalue weighted by atomic mass is 10.2. The predicted molar refractivity (Wildman–Crippen MR) is 87.7 cm³/mol. The third-order valence-electron chi connectivity index (χ3n) is 3.29. The number of nitrogens with one attached hydrogen (secondary N) is 1. The van der Waals surface area contributed by atoms with Crippen LogP contribution in [0.2, 0.25) is 5.02 Å². The molecule has 1 aromatic heterocycles. The minimum absolute atomic E-state index is 0.175. The minimum atomic E-state index is -0.175. The molecule has 0 saturated heterocycles. The van der Waals surface area contributed by atoms with Crippen molar-refractivity contribution in [3.05, 3.63) is 77.1 Å². The lowest BCUT2D eigenvalue weighted by Gasteiger charge is -2.07. The second-order valence-corrected chi connectivity index (χ2v) is 5.33. The molecule has 1 heterocycles. The number of aryl methyl sites for hydroxylation is 1. The number of carbonyl (C=O) groups excluding carboxylic acids is 1. The number of hydrogen-bond donors (Lipinski definition) is 1. The third-order valence-corrected chi connectivity index (χ3v) is 3.52. The SMILES string of the molecule is Cc1ccnn1-c1ccc(C(=O)Nc2cccc(Cl)c2)cc1. The first-order valence-electron chi connectivity index (χ1n) is 6.81. The first-order chi connectivity index (χ1) is 10.6. The number of aromatic nitrogens is 2. The van der Waals surface area contributed by atoms with Crippen molar-refractivity contribution >= 4 is 23.2 Å². The van der Waals surface area contributed by atoms with Gasteiger partial charge in [0.15, 0.2) is 0 Å². The molecule has 0 aliphatic carbocycles. The molecule has 22 heavy (non-hydrogen) atoms. The van der Waals surface area contributed by atoms with Gasteiger partial charge in [0.1, 0.15) is 0 Å². The van der Waals surface area contributed by atoms with Crippen LogP contribution in [0.15, 0.2) is 60.8 Å². The van der Waals surface area contributed by atoms with Gasteiger partial charge in [0.05, 0.1) is 5.69 Å². The first kappa shape index (κ1) is 14.4. The Bertz CT molecular complexity index is 809. The van der Waals surface area contributed by atoms with Gasteiger partial charge in [-0.05, 0) is 55.5 Å². The van der Waals surface area contributed by atoms with E-state index in [1.165, 1.54) is 0 Å². The van der Waals surface area contributed by atoms with Gasteiger partial charge in [0.25, 0.3) is 5.91 Å². The molecule has 0 fully saturated rings. The Labute approximate surface area is 133 Å². The Kier molecular flexibility index (Phi) is 3.94. The molecule has 0 spiro atoms. The summed E-state index contributed by atoms with van der Waals surface area (Å²) in [5.41, 5.74) is 3.20. The first-order valence-corrected chi connectivity index (χ1v) is 7.19. The van der Waals surface area contributed by atoms with Gasteiger partial charge in [-0.3, -0.25) is 4.79 Å². The van der Waals surface area contributed by atoms with Crippen LogP contribution >= 0.6 is 11.6 Å². The van der Waals surface area contributed by atoms with E-state index in [0.29, 0.717) is 16.3 Å². The molecule has 0 aliphatic rings. The Balaban J connectivity index is 1.78. The Morgan fingerprint density at radius 3 is 2.55 bits per heavy atom. The van der Waals surface area contributed by atoms with Crippen LogP contribution in [0.25, 0.3) is 5.69 Å². The van der Waals surface area contributed by atoms with Crippen LogP contribution < -0.4 is 5.32 Å². The van der Waals surface area contributed by atoms with Crippen molar-refractivity contribution < 1.29 is 4.79 Å². The van der Waals surface area contributed by atoms with Crippen molar-refractivity contribution in [3.8, 4) is 5.69 Å². The number of benzene rings is 2. The van der Waals surface area contributed by atoms with E-state index in [4.69, 9.17) is 11.6 Å². The molecule has 2 aromatic carbocycles. The fraction of sp³-hybridized carbons (Fsp3) is 0.0588. The molecule has 110 valence electrons. The standard InChI is InChI=1S/C17H14ClN3O/c1-12-9-10-19-21(12)16-7-5-13(6-8-16)17(22)20-15-4-2-3-14(18)11-15/h2-11H,1H3,(H,20,22). The second-order valence-electron chi connectivity index (χ2n) is 4.90. The maximum absolute atomic E-state index is 12.2. The highest BCUT2D eigenvalue weighted by atomic mass is 35.5. The molecule has 5 heteroatoms. The fourth-order valence-electron chi connectivity index (χ4n) is 2.16. The van der Waals surface area contributed by atoms with Crippen molar-refractivity contribution in [2.75, 3.05) is 5.32 Å². The lowest BCUT2D eigenvalue weighted by Crippen LogP contribution is -2.12. The van der Waals surface area contributed by atoms with E-state index in [0.717, 1.165) is 11.4 Å². The summed E-state index contributed by atoms with van der Waals surface area (Å²) in [7, 11) is 0. The van der Waals surface area contributed by atoms with Crippen LogP contribution in [0, 0.1) is 6.92 Å². The lowest BCUT2D eigenvalue weighted by molar-refractivity contribution is 0.102. The van der Waals surface area contributed by atoms with Crippen LogP contribution in [0.5, 0.6) is 0 Å². The topological polar surface area (TPSA) is 46.9 Å². The monoisotopic (exact) mass is 311 g/mol. The summed E-state index contributed by atoms with van der Waals surface area (Å²) in [4.78, 5) is 12.2. The van der Waals surface area contributed by atoms with Gasteiger partial charge < -0.3 is 5.32 Å². The minimum Gasteiger partial charge on any atom is -0.322 e. The normalized spacial score (nSPS) is 10.5. The molecule has 4 nitrogen and oxygen atoms in total. The zero-order valence-corrected chi connectivity index (χ0v) is 12.7. The number of rotatable bonds is 3. The third kappa shape index (κ3) is 3.02. The molecule has 1 amide bonds. The average molecular weight is 312 g/mol. The Morgan fingerprint density at radius 1 is 1.14 bits per heavy atom. The number of hydrogen-bond acceptors (Lipinski definition) is 2. The fourth-order valence-corrected chi connectivity index (χ4v) is 2.35. The van der Waals surface area contributed by atoms with Crippen molar-refractivity contribution in [2.24, 2.45) is 0 Å². The van der Waals surface area contributed by atoms with Crippen molar-refractivity contribution in [1.29, 1.82) is 0 Å².